The predicted octanol–water partition coefficient (Wildman–Crippen LogP) is 3.10. The third kappa shape index (κ3) is 3.32. The molecule has 2 aromatic carbocycles. The summed E-state index contributed by atoms with van der Waals surface area (Å²) in [5.41, 5.74) is 1.37. The number of rotatable bonds is 3. The Morgan fingerprint density at radius 3 is 2.58 bits per heavy atom. The van der Waals surface area contributed by atoms with E-state index in [0.29, 0.717) is 42.0 Å². The van der Waals surface area contributed by atoms with Crippen molar-refractivity contribution in [1.82, 2.24) is 0 Å². The quantitative estimate of drug-likeness (QED) is 0.899. The van der Waals surface area contributed by atoms with Crippen LogP contribution in [0.2, 0.25) is 5.02 Å². The summed E-state index contributed by atoms with van der Waals surface area (Å²) in [6.07, 6.45) is 0.180. The highest BCUT2D eigenvalue weighted by atomic mass is 35.5. The normalized spacial score (nSPS) is 18.7. The molecular weight excluding hydrogens is 356 g/mol. The molecule has 0 radical (unpaired) electrons. The van der Waals surface area contributed by atoms with E-state index in [4.69, 9.17) is 21.1 Å². The monoisotopic (exact) mass is 372 g/mol. The number of benzene rings is 2. The summed E-state index contributed by atoms with van der Waals surface area (Å²) in [6, 6.07) is 12.3. The highest BCUT2D eigenvalue weighted by molar-refractivity contribution is 6.30. The molecule has 0 aliphatic carbocycles. The van der Waals surface area contributed by atoms with Crippen molar-refractivity contribution in [3.8, 4) is 11.5 Å². The van der Waals surface area contributed by atoms with Crippen molar-refractivity contribution in [3.05, 3.63) is 47.5 Å². The van der Waals surface area contributed by atoms with Gasteiger partial charge in [-0.25, -0.2) is 0 Å². The van der Waals surface area contributed by atoms with Crippen LogP contribution in [-0.2, 0) is 9.59 Å². The van der Waals surface area contributed by atoms with Crippen molar-refractivity contribution in [1.29, 1.82) is 0 Å². The van der Waals surface area contributed by atoms with Crippen molar-refractivity contribution in [2.75, 3.05) is 30.0 Å². The van der Waals surface area contributed by atoms with E-state index in [1.165, 1.54) is 0 Å². The van der Waals surface area contributed by atoms with Gasteiger partial charge in [0.2, 0.25) is 11.8 Å². The van der Waals surface area contributed by atoms with Crippen LogP contribution in [0.15, 0.2) is 42.5 Å². The van der Waals surface area contributed by atoms with Gasteiger partial charge in [0, 0.05) is 35.4 Å². The van der Waals surface area contributed by atoms with Gasteiger partial charge in [-0.15, -0.1) is 0 Å². The second-order valence-electron chi connectivity index (χ2n) is 6.23. The van der Waals surface area contributed by atoms with Crippen molar-refractivity contribution >= 4 is 34.8 Å². The van der Waals surface area contributed by atoms with E-state index < -0.39 is 5.92 Å². The molecule has 2 aliphatic rings. The number of ether oxygens (including phenoxy) is 2. The molecule has 1 atom stereocenters. The van der Waals surface area contributed by atoms with Crippen LogP contribution in [-0.4, -0.2) is 31.6 Å². The van der Waals surface area contributed by atoms with Crippen LogP contribution in [0.5, 0.6) is 11.5 Å². The minimum atomic E-state index is -0.411. The van der Waals surface area contributed by atoms with Gasteiger partial charge in [-0.05, 0) is 36.4 Å². The first-order chi connectivity index (χ1) is 12.6. The molecule has 0 aromatic heterocycles. The van der Waals surface area contributed by atoms with Crippen LogP contribution in [0.1, 0.15) is 6.42 Å². The Morgan fingerprint density at radius 1 is 1.08 bits per heavy atom. The molecule has 26 heavy (non-hydrogen) atoms. The molecule has 0 spiro atoms. The fourth-order valence-corrected chi connectivity index (χ4v) is 3.25. The maximum absolute atomic E-state index is 12.6. The lowest BCUT2D eigenvalue weighted by atomic mass is 10.1. The van der Waals surface area contributed by atoms with E-state index in [2.05, 4.69) is 5.32 Å². The van der Waals surface area contributed by atoms with Gasteiger partial charge in [0.25, 0.3) is 0 Å². The largest absolute Gasteiger partial charge is 0.486 e. The standard InChI is InChI=1S/C19H17ClN2O4/c20-13-1-4-15(5-2-13)22-11-12(9-18(22)23)19(24)21-14-3-6-16-17(10-14)26-8-7-25-16/h1-6,10,12H,7-9,11H2,(H,21,24)/t12-/m1/s1. The molecule has 7 heteroatoms. The lowest BCUT2D eigenvalue weighted by Crippen LogP contribution is -2.28. The summed E-state index contributed by atoms with van der Waals surface area (Å²) in [7, 11) is 0. The number of halogens is 1. The molecule has 1 fully saturated rings. The molecule has 4 rings (SSSR count). The third-order valence-corrected chi connectivity index (χ3v) is 4.70. The molecule has 0 saturated carbocycles. The van der Waals surface area contributed by atoms with E-state index in [0.717, 1.165) is 5.69 Å². The number of amides is 2. The van der Waals surface area contributed by atoms with Gasteiger partial charge in [0.15, 0.2) is 11.5 Å². The lowest BCUT2D eigenvalue weighted by molar-refractivity contribution is -0.122. The van der Waals surface area contributed by atoms with Crippen molar-refractivity contribution in [2.24, 2.45) is 5.92 Å². The number of nitrogens with zero attached hydrogens (tertiary/aromatic N) is 1. The third-order valence-electron chi connectivity index (χ3n) is 4.44. The van der Waals surface area contributed by atoms with Crippen LogP contribution in [0, 0.1) is 5.92 Å². The van der Waals surface area contributed by atoms with Crippen molar-refractivity contribution < 1.29 is 19.1 Å². The number of fused-ring (bicyclic) bond motifs is 1. The smallest absolute Gasteiger partial charge is 0.229 e. The van der Waals surface area contributed by atoms with E-state index >= 15 is 0 Å². The Hall–Kier alpha value is -2.73. The summed E-state index contributed by atoms with van der Waals surface area (Å²) in [5, 5.41) is 3.47. The molecule has 2 heterocycles. The Labute approximate surface area is 155 Å². The molecule has 1 saturated heterocycles. The Kier molecular flexibility index (Phi) is 4.42. The topological polar surface area (TPSA) is 67.9 Å². The first-order valence-corrected chi connectivity index (χ1v) is 8.74. The SMILES string of the molecule is O=C(Nc1ccc2c(c1)OCCO2)[C@@H]1CC(=O)N(c2ccc(Cl)cc2)C1. The number of anilines is 2. The molecular formula is C19H17ClN2O4. The first-order valence-electron chi connectivity index (χ1n) is 8.36. The second-order valence-corrected chi connectivity index (χ2v) is 6.67. The van der Waals surface area contributed by atoms with E-state index in [1.54, 1.807) is 47.4 Å². The zero-order valence-electron chi connectivity index (χ0n) is 13.9. The van der Waals surface area contributed by atoms with E-state index in [9.17, 15) is 9.59 Å². The first kappa shape index (κ1) is 16.7. The van der Waals surface area contributed by atoms with E-state index in [1.807, 2.05) is 0 Å². The molecule has 6 nitrogen and oxygen atoms in total. The highest BCUT2D eigenvalue weighted by Gasteiger charge is 2.35. The molecule has 0 bridgehead atoms. The fraction of sp³-hybridized carbons (Fsp3) is 0.263. The summed E-state index contributed by atoms with van der Waals surface area (Å²) in [6.45, 7) is 1.35. The van der Waals surface area contributed by atoms with Gasteiger partial charge in [0.1, 0.15) is 13.2 Å². The van der Waals surface area contributed by atoms with Crippen molar-refractivity contribution in [3.63, 3.8) is 0 Å². The highest BCUT2D eigenvalue weighted by Crippen LogP contribution is 2.33. The van der Waals surface area contributed by atoms with Crippen LogP contribution in [0.4, 0.5) is 11.4 Å². The summed E-state index contributed by atoms with van der Waals surface area (Å²) >= 11 is 5.89. The van der Waals surface area contributed by atoms with Gasteiger partial charge < -0.3 is 19.7 Å². The summed E-state index contributed by atoms with van der Waals surface area (Å²) < 4.78 is 11.0. The maximum atomic E-state index is 12.6. The van der Waals surface area contributed by atoms with Gasteiger partial charge in [-0.3, -0.25) is 9.59 Å². The van der Waals surface area contributed by atoms with Gasteiger partial charge in [0.05, 0.1) is 5.92 Å². The molecule has 1 N–H and O–H groups in total. The van der Waals surface area contributed by atoms with Crippen LogP contribution >= 0.6 is 11.6 Å². The maximum Gasteiger partial charge on any atom is 0.229 e. The number of hydrogen-bond donors (Lipinski definition) is 1. The lowest BCUT2D eigenvalue weighted by Gasteiger charge is -2.19. The minimum absolute atomic E-state index is 0.0744. The van der Waals surface area contributed by atoms with Crippen molar-refractivity contribution in [2.45, 2.75) is 6.42 Å². The molecule has 134 valence electrons. The van der Waals surface area contributed by atoms with Crippen LogP contribution in [0.3, 0.4) is 0 Å². The molecule has 2 aromatic rings. The fourth-order valence-electron chi connectivity index (χ4n) is 3.12. The van der Waals surface area contributed by atoms with Gasteiger partial charge in [-0.2, -0.15) is 0 Å². The Bertz CT molecular complexity index is 853. The van der Waals surface area contributed by atoms with Gasteiger partial charge in [-0.1, -0.05) is 11.6 Å². The predicted molar refractivity (Wildman–Crippen MR) is 98.0 cm³/mol. The zero-order valence-corrected chi connectivity index (χ0v) is 14.7. The average molecular weight is 373 g/mol. The number of carbonyl (C=O) groups excluding carboxylic acids is 2. The molecule has 0 unspecified atom stereocenters. The van der Waals surface area contributed by atoms with Gasteiger partial charge >= 0.3 is 0 Å². The van der Waals surface area contributed by atoms with Crippen LogP contribution in [0.25, 0.3) is 0 Å². The zero-order chi connectivity index (χ0) is 18.1. The number of nitrogens with one attached hydrogen (secondary N) is 1. The number of hydrogen-bond acceptors (Lipinski definition) is 4. The Morgan fingerprint density at radius 2 is 1.81 bits per heavy atom. The molecule has 2 aliphatic heterocycles. The van der Waals surface area contributed by atoms with E-state index in [-0.39, 0.29) is 18.2 Å². The minimum Gasteiger partial charge on any atom is -0.486 e. The summed E-state index contributed by atoms with van der Waals surface area (Å²) in [5.74, 6) is 0.603. The number of carbonyl (C=O) groups is 2. The second kappa shape index (κ2) is 6.88. The van der Waals surface area contributed by atoms with Crippen LogP contribution < -0.4 is 19.7 Å². The molecule has 2 amide bonds. The Balaban J connectivity index is 1.44. The summed E-state index contributed by atoms with van der Waals surface area (Å²) in [4.78, 5) is 26.5. The average Bonchev–Trinajstić information content (AvgIpc) is 3.04.